The first kappa shape index (κ1) is 16.9. The van der Waals surface area contributed by atoms with Gasteiger partial charge in [-0.25, -0.2) is 0 Å². The summed E-state index contributed by atoms with van der Waals surface area (Å²) in [6.45, 7) is 0.225. The maximum absolute atomic E-state index is 12.1. The second-order valence-corrected chi connectivity index (χ2v) is 4.37. The number of ether oxygens (including phenoxy) is 1. The first-order valence-corrected chi connectivity index (χ1v) is 6.05. The third kappa shape index (κ3) is 5.46. The van der Waals surface area contributed by atoms with Gasteiger partial charge in [0, 0.05) is 6.61 Å². The molecule has 0 aliphatic rings. The molecule has 7 heteroatoms. The molecule has 0 saturated carbocycles. The topological polar surface area (TPSA) is 69.9 Å². The monoisotopic (exact) mass is 294 g/mol. The molecule has 1 aromatic carbocycles. The van der Waals surface area contributed by atoms with Crippen LogP contribution in [0.4, 0.5) is 13.2 Å². The van der Waals surface area contributed by atoms with Crippen molar-refractivity contribution in [3.05, 3.63) is 35.9 Å². The van der Waals surface area contributed by atoms with Gasteiger partial charge in [-0.3, -0.25) is 0 Å². The lowest BCUT2D eigenvalue weighted by Crippen LogP contribution is -2.46. The van der Waals surface area contributed by atoms with Crippen LogP contribution in [0.5, 0.6) is 0 Å². The smallest absolute Gasteiger partial charge is 0.390 e. The zero-order valence-electron chi connectivity index (χ0n) is 10.6. The van der Waals surface area contributed by atoms with Crippen LogP contribution in [0.1, 0.15) is 12.0 Å². The fourth-order valence-corrected chi connectivity index (χ4v) is 1.54. The number of hydrogen-bond acceptors (Lipinski definition) is 4. The lowest BCUT2D eigenvalue weighted by Gasteiger charge is -2.24. The summed E-state index contributed by atoms with van der Waals surface area (Å²) in [5.74, 6) is 0. The molecule has 114 valence electrons. The van der Waals surface area contributed by atoms with Crippen molar-refractivity contribution in [3.63, 3.8) is 0 Å². The van der Waals surface area contributed by atoms with Crippen molar-refractivity contribution in [2.45, 2.75) is 37.5 Å². The van der Waals surface area contributed by atoms with E-state index in [-0.39, 0.29) is 19.6 Å². The van der Waals surface area contributed by atoms with Crippen molar-refractivity contribution >= 4 is 0 Å². The maximum Gasteiger partial charge on any atom is 0.417 e. The van der Waals surface area contributed by atoms with E-state index in [0.29, 0.717) is 0 Å². The molecule has 0 heterocycles. The lowest BCUT2D eigenvalue weighted by atomic mass is 10.1. The van der Waals surface area contributed by atoms with Crippen molar-refractivity contribution < 1.29 is 33.2 Å². The Balaban J connectivity index is 2.28. The molecule has 3 N–H and O–H groups in total. The number of halogens is 3. The number of aliphatic hydroxyl groups excluding tert-OH is 3. The summed E-state index contributed by atoms with van der Waals surface area (Å²) < 4.78 is 41.5. The Bertz CT molecular complexity index is 383. The highest BCUT2D eigenvalue weighted by molar-refractivity contribution is 5.13. The molecule has 1 aromatic rings. The van der Waals surface area contributed by atoms with Gasteiger partial charge in [0.25, 0.3) is 0 Å². The number of benzene rings is 1. The van der Waals surface area contributed by atoms with Gasteiger partial charge in [0.05, 0.1) is 12.7 Å². The molecular formula is C13H17F3O4. The molecule has 0 amide bonds. The first-order valence-electron chi connectivity index (χ1n) is 6.05. The number of aliphatic hydroxyl groups is 3. The second kappa shape index (κ2) is 7.58. The van der Waals surface area contributed by atoms with Gasteiger partial charge in [0.1, 0.15) is 6.10 Å². The largest absolute Gasteiger partial charge is 0.417 e. The molecular weight excluding hydrogens is 277 g/mol. The van der Waals surface area contributed by atoms with Crippen molar-refractivity contribution in [2.24, 2.45) is 0 Å². The van der Waals surface area contributed by atoms with Crippen LogP contribution in [0.3, 0.4) is 0 Å². The molecule has 0 radical (unpaired) electrons. The molecule has 0 unspecified atom stereocenters. The normalized spacial score (nSPS) is 16.7. The van der Waals surface area contributed by atoms with Crippen molar-refractivity contribution in [2.75, 3.05) is 6.61 Å². The molecule has 3 atom stereocenters. The van der Waals surface area contributed by atoms with Gasteiger partial charge >= 0.3 is 6.18 Å². The average molecular weight is 294 g/mol. The number of alkyl halides is 3. The summed E-state index contributed by atoms with van der Waals surface area (Å²) in [6.07, 6.45) is -12.1. The fraction of sp³-hybridized carbons (Fsp3) is 0.538. The molecule has 0 aliphatic heterocycles. The Hall–Kier alpha value is -1.15. The number of hydrogen-bond donors (Lipinski definition) is 3. The third-order valence-corrected chi connectivity index (χ3v) is 2.72. The minimum absolute atomic E-state index is 0.0301. The average Bonchev–Trinajstić information content (AvgIpc) is 2.41. The predicted octanol–water partition coefficient (Wildman–Crippen LogP) is 1.24. The highest BCUT2D eigenvalue weighted by Gasteiger charge is 2.45. The minimum Gasteiger partial charge on any atom is -0.390 e. The standard InChI is InChI=1S/C13H17F3O4/c14-13(15,16)12(19)11(18)10(17)6-7-20-8-9-4-2-1-3-5-9/h1-5,10-12,17-19H,6-8H2/t10-,11-,12+/m0/s1. The van der Waals surface area contributed by atoms with E-state index < -0.39 is 24.5 Å². The van der Waals surface area contributed by atoms with Gasteiger partial charge in [-0.1, -0.05) is 30.3 Å². The Kier molecular flexibility index (Phi) is 6.41. The molecule has 0 saturated heterocycles. The van der Waals surface area contributed by atoms with Gasteiger partial charge in [0.15, 0.2) is 6.10 Å². The van der Waals surface area contributed by atoms with E-state index in [0.717, 1.165) is 5.56 Å². The summed E-state index contributed by atoms with van der Waals surface area (Å²) in [5.41, 5.74) is 0.887. The Morgan fingerprint density at radius 3 is 2.20 bits per heavy atom. The zero-order chi connectivity index (χ0) is 15.2. The van der Waals surface area contributed by atoms with E-state index >= 15 is 0 Å². The summed E-state index contributed by atoms with van der Waals surface area (Å²) >= 11 is 0. The molecule has 0 bridgehead atoms. The van der Waals surface area contributed by atoms with E-state index in [2.05, 4.69) is 0 Å². The van der Waals surface area contributed by atoms with E-state index in [9.17, 15) is 18.3 Å². The van der Waals surface area contributed by atoms with Crippen LogP contribution in [0.15, 0.2) is 30.3 Å². The minimum atomic E-state index is -4.97. The molecule has 0 fully saturated rings. The van der Waals surface area contributed by atoms with Gasteiger partial charge < -0.3 is 20.1 Å². The van der Waals surface area contributed by atoms with Crippen molar-refractivity contribution in [3.8, 4) is 0 Å². The Labute approximate surface area is 114 Å². The van der Waals surface area contributed by atoms with Gasteiger partial charge in [-0.05, 0) is 12.0 Å². The molecule has 20 heavy (non-hydrogen) atoms. The predicted molar refractivity (Wildman–Crippen MR) is 64.8 cm³/mol. The SMILES string of the molecule is O[C@H]([C@@H](O)C(F)(F)F)[C@@H](O)CCOCc1ccccc1. The van der Waals surface area contributed by atoms with Gasteiger partial charge in [-0.15, -0.1) is 0 Å². The number of rotatable bonds is 7. The van der Waals surface area contributed by atoms with Crippen LogP contribution in [-0.2, 0) is 11.3 Å². The second-order valence-electron chi connectivity index (χ2n) is 4.37. The molecule has 4 nitrogen and oxygen atoms in total. The van der Waals surface area contributed by atoms with Gasteiger partial charge in [0.2, 0.25) is 0 Å². The molecule has 1 rings (SSSR count). The summed E-state index contributed by atoms with van der Waals surface area (Å²) in [5, 5.41) is 27.3. The first-order chi connectivity index (χ1) is 9.32. The molecule has 0 spiro atoms. The van der Waals surface area contributed by atoms with E-state index in [1.165, 1.54) is 0 Å². The van der Waals surface area contributed by atoms with Crippen molar-refractivity contribution in [1.29, 1.82) is 0 Å². The fourth-order valence-electron chi connectivity index (χ4n) is 1.54. The molecule has 0 aromatic heterocycles. The van der Waals surface area contributed by atoms with E-state index in [1.54, 1.807) is 0 Å². The van der Waals surface area contributed by atoms with Crippen LogP contribution < -0.4 is 0 Å². The molecule has 0 aliphatic carbocycles. The van der Waals surface area contributed by atoms with Gasteiger partial charge in [-0.2, -0.15) is 13.2 Å². The Morgan fingerprint density at radius 1 is 1.05 bits per heavy atom. The highest BCUT2D eigenvalue weighted by Crippen LogP contribution is 2.24. The summed E-state index contributed by atoms with van der Waals surface area (Å²) in [7, 11) is 0. The van der Waals surface area contributed by atoms with Crippen LogP contribution in [0.25, 0.3) is 0 Å². The highest BCUT2D eigenvalue weighted by atomic mass is 19.4. The maximum atomic E-state index is 12.1. The summed E-state index contributed by atoms with van der Waals surface area (Å²) in [4.78, 5) is 0. The van der Waals surface area contributed by atoms with E-state index in [4.69, 9.17) is 14.9 Å². The van der Waals surface area contributed by atoms with Crippen LogP contribution >= 0.6 is 0 Å². The lowest BCUT2D eigenvalue weighted by molar-refractivity contribution is -0.242. The third-order valence-electron chi connectivity index (χ3n) is 2.72. The quantitative estimate of drug-likeness (QED) is 0.662. The van der Waals surface area contributed by atoms with Crippen LogP contribution in [0.2, 0.25) is 0 Å². The van der Waals surface area contributed by atoms with Crippen LogP contribution in [-0.4, -0.2) is 46.4 Å². The zero-order valence-corrected chi connectivity index (χ0v) is 10.6. The van der Waals surface area contributed by atoms with E-state index in [1.807, 2.05) is 30.3 Å². The summed E-state index contributed by atoms with van der Waals surface area (Å²) in [6, 6.07) is 9.10. The van der Waals surface area contributed by atoms with Crippen LogP contribution in [0, 0.1) is 0 Å². The Morgan fingerprint density at radius 2 is 1.65 bits per heavy atom. The van der Waals surface area contributed by atoms with Crippen molar-refractivity contribution in [1.82, 2.24) is 0 Å².